The van der Waals surface area contributed by atoms with E-state index in [1.807, 2.05) is 0 Å². The van der Waals surface area contributed by atoms with Crippen molar-refractivity contribution in [1.82, 2.24) is 0 Å². The quantitative estimate of drug-likeness (QED) is 0.114. The van der Waals surface area contributed by atoms with Crippen LogP contribution in [0.2, 0.25) is 0 Å². The summed E-state index contributed by atoms with van der Waals surface area (Å²) in [6.07, 6.45) is 0. The summed E-state index contributed by atoms with van der Waals surface area (Å²) < 4.78 is 0. The van der Waals surface area contributed by atoms with Gasteiger partial charge in [-0.3, -0.25) is 0 Å². The number of hydrogen-bond acceptors (Lipinski definition) is 0. The summed E-state index contributed by atoms with van der Waals surface area (Å²) in [4.78, 5) is 0. The number of halogens is 1. The molecule has 0 amide bonds. The first kappa shape index (κ1) is 32.5. The van der Waals surface area contributed by atoms with E-state index in [-0.39, 0.29) is 0 Å². The molecule has 48 heavy (non-hydrogen) atoms. The minimum atomic E-state index is -0.852. The van der Waals surface area contributed by atoms with Gasteiger partial charge in [0.1, 0.15) is 0 Å². The first-order valence-electron chi connectivity index (χ1n) is 15.8. The van der Waals surface area contributed by atoms with Crippen LogP contribution >= 0.6 is 25.9 Å². The minimum absolute atomic E-state index is 0.852. The maximum absolute atomic E-state index is 4.20. The second-order valence-electron chi connectivity index (χ2n) is 11.4. The molecule has 0 aliphatic rings. The number of rotatable bonds is 7. The van der Waals surface area contributed by atoms with Crippen LogP contribution in [0.25, 0.3) is 32.7 Å². The van der Waals surface area contributed by atoms with Gasteiger partial charge in [-0.25, -0.2) is 0 Å². The normalized spacial score (nSPS) is 11.1. The van der Waals surface area contributed by atoms with Crippen LogP contribution in [-0.4, -0.2) is 0 Å². The molecule has 0 saturated carbocycles. The Kier molecular flexibility index (Phi) is 10.5. The van der Waals surface area contributed by atoms with Crippen LogP contribution < -0.4 is 31.8 Å². The molecule has 8 rings (SSSR count). The van der Waals surface area contributed by atoms with E-state index < -0.39 is 15.8 Å². The average molecular weight is 722 g/mol. The molecule has 0 atom stereocenters. The van der Waals surface area contributed by atoms with Gasteiger partial charge in [0.15, 0.2) is 0 Å². The third-order valence-electron chi connectivity index (χ3n) is 8.60. The number of hydrogen-bond donors (Lipinski definition) is 0. The van der Waals surface area contributed by atoms with Gasteiger partial charge < -0.3 is 0 Å². The Balaban J connectivity index is 0.00000179. The topological polar surface area (TPSA) is 0 Å². The third-order valence-corrected chi connectivity index (χ3v) is 13.6. The number of benzene rings is 8. The largest absolute Gasteiger partial charge is 0.0622 e. The fourth-order valence-corrected chi connectivity index (χ4v) is 11.5. The van der Waals surface area contributed by atoms with Crippen molar-refractivity contribution >= 4 is 79.3 Å². The smallest absolute Gasteiger partial charge is 0.000884 e. The molecule has 236 valence electrons. The Morgan fingerprint density at radius 1 is 0.292 bits per heavy atom. The molecular formula is C44H32ClCuP2. The second kappa shape index (κ2) is 15.4. The van der Waals surface area contributed by atoms with Crippen LogP contribution in [0.4, 0.5) is 0 Å². The summed E-state index contributed by atoms with van der Waals surface area (Å²) in [6, 6.07) is 71.8. The molecule has 0 spiro atoms. The van der Waals surface area contributed by atoms with E-state index in [2.05, 4.69) is 219 Å². The molecule has 0 aliphatic heterocycles. The van der Waals surface area contributed by atoms with E-state index in [0.29, 0.717) is 0 Å². The maximum atomic E-state index is 4.20. The SMILES string of the molecule is [Cl][Cu].c1ccc(P(c2ccccc2)c2ccc3ccccc3c2-c2c(P(c3ccccc3)c3ccccc3)ccc3ccccc23)cc1. The Morgan fingerprint density at radius 3 is 0.875 bits per heavy atom. The first-order valence-corrected chi connectivity index (χ1v) is 19.8. The molecule has 8 aromatic carbocycles. The molecule has 8 aromatic rings. The standard InChI is InChI=1S/C44H32P2.ClH.Cu/c1-5-19-35(20-6-1)45(36-21-7-2-8-22-36)41-31-29-33-17-13-15-27-39(33)43(41)44-40-28-16-14-18-34(40)30-32-42(44)46(37-23-9-3-10-24-37)38-25-11-4-12-26-38;;/h1-32H;1H;/q;;+1/p-1. The van der Waals surface area contributed by atoms with Gasteiger partial charge in [0.2, 0.25) is 0 Å². The fraction of sp³-hybridized carbons (Fsp3) is 0. The average Bonchev–Trinajstić information content (AvgIpc) is 3.17. The van der Waals surface area contributed by atoms with E-state index in [4.69, 9.17) is 0 Å². The molecule has 0 saturated heterocycles. The van der Waals surface area contributed by atoms with Gasteiger partial charge in [-0.2, -0.15) is 0 Å². The molecule has 0 fully saturated rings. The van der Waals surface area contributed by atoms with Crippen molar-refractivity contribution in [2.75, 3.05) is 0 Å². The molecule has 0 unspecified atom stereocenters. The molecule has 0 bridgehead atoms. The van der Waals surface area contributed by atoms with Crippen molar-refractivity contribution in [1.29, 1.82) is 0 Å². The Morgan fingerprint density at radius 2 is 0.562 bits per heavy atom. The van der Waals surface area contributed by atoms with Crippen LogP contribution in [-0.2, 0) is 15.1 Å². The van der Waals surface area contributed by atoms with Crippen LogP contribution in [0, 0.1) is 0 Å². The first-order chi connectivity index (χ1) is 23.9. The summed E-state index contributed by atoms with van der Waals surface area (Å²) >= 11 is 3.66. The van der Waals surface area contributed by atoms with E-state index in [0.717, 1.165) is 0 Å². The summed E-state index contributed by atoms with van der Waals surface area (Å²) in [6.45, 7) is 0. The monoisotopic (exact) mass is 720 g/mol. The summed E-state index contributed by atoms with van der Waals surface area (Å²) in [5.74, 6) is 0. The maximum Gasteiger partial charge on any atom is -0.000884 e. The molecule has 0 N–H and O–H groups in total. The van der Waals surface area contributed by atoms with Gasteiger partial charge in [-0.1, -0.05) is 194 Å². The van der Waals surface area contributed by atoms with E-state index in [9.17, 15) is 0 Å². The van der Waals surface area contributed by atoms with Crippen molar-refractivity contribution in [2.24, 2.45) is 0 Å². The van der Waals surface area contributed by atoms with Crippen LogP contribution in [0.15, 0.2) is 194 Å². The molecule has 0 heterocycles. The van der Waals surface area contributed by atoms with Crippen LogP contribution in [0.5, 0.6) is 0 Å². The van der Waals surface area contributed by atoms with Gasteiger partial charge in [-0.15, -0.1) is 0 Å². The van der Waals surface area contributed by atoms with Gasteiger partial charge in [0.05, 0.1) is 0 Å². The van der Waals surface area contributed by atoms with Gasteiger partial charge >= 0.3 is 25.2 Å². The van der Waals surface area contributed by atoms with E-state index in [1.165, 1.54) is 64.5 Å². The molecular weight excluding hydrogens is 689 g/mol. The summed E-state index contributed by atoms with van der Waals surface area (Å²) in [5.41, 5.74) is 2.70. The van der Waals surface area contributed by atoms with Gasteiger partial charge in [0.25, 0.3) is 0 Å². The predicted molar refractivity (Wildman–Crippen MR) is 210 cm³/mol. The molecule has 0 aliphatic carbocycles. The Labute approximate surface area is 298 Å². The van der Waals surface area contributed by atoms with Crippen molar-refractivity contribution in [3.63, 3.8) is 0 Å². The van der Waals surface area contributed by atoms with Crippen molar-refractivity contribution in [2.45, 2.75) is 0 Å². The Bertz CT molecular complexity index is 2020. The van der Waals surface area contributed by atoms with Gasteiger partial charge in [-0.05, 0) is 80.3 Å². The fourth-order valence-electron chi connectivity index (χ4n) is 6.58. The summed E-state index contributed by atoms with van der Waals surface area (Å²) in [7, 11) is 2.50. The second-order valence-corrected chi connectivity index (χ2v) is 15.7. The summed E-state index contributed by atoms with van der Waals surface area (Å²) in [5, 5.41) is 13.3. The zero-order valence-electron chi connectivity index (χ0n) is 26.0. The molecule has 0 aromatic heterocycles. The molecule has 0 nitrogen and oxygen atoms in total. The minimum Gasteiger partial charge on any atom is -0.0622 e. The zero-order chi connectivity index (χ0) is 32.7. The Hall–Kier alpha value is -4.05. The molecule has 0 radical (unpaired) electrons. The van der Waals surface area contributed by atoms with Crippen molar-refractivity contribution in [3.8, 4) is 11.1 Å². The zero-order valence-corrected chi connectivity index (χ0v) is 29.5. The van der Waals surface area contributed by atoms with Gasteiger partial charge in [0, 0.05) is 0 Å². The van der Waals surface area contributed by atoms with Crippen molar-refractivity contribution < 1.29 is 15.1 Å². The van der Waals surface area contributed by atoms with Crippen molar-refractivity contribution in [3.05, 3.63) is 194 Å². The predicted octanol–water partition coefficient (Wildman–Crippen LogP) is 9.86. The van der Waals surface area contributed by atoms with E-state index in [1.54, 1.807) is 0 Å². The van der Waals surface area contributed by atoms with Crippen LogP contribution in [0.1, 0.15) is 0 Å². The molecule has 4 heteroatoms. The van der Waals surface area contributed by atoms with E-state index >= 15 is 0 Å². The third kappa shape index (κ3) is 6.51. The van der Waals surface area contributed by atoms with Crippen LogP contribution in [0.3, 0.4) is 0 Å². The number of fused-ring (bicyclic) bond motifs is 2.